The van der Waals surface area contributed by atoms with Crippen LogP contribution in [0.15, 0.2) is 51.4 Å². The molecule has 210 valence electrons. The highest BCUT2D eigenvalue weighted by Gasteiger charge is 2.44. The zero-order valence-electron chi connectivity index (χ0n) is 22.9. The maximum absolute atomic E-state index is 13.4. The van der Waals surface area contributed by atoms with Gasteiger partial charge in [0.1, 0.15) is 11.3 Å². The Balaban J connectivity index is 1.47. The van der Waals surface area contributed by atoms with Gasteiger partial charge in [-0.1, -0.05) is 56.5 Å². The third-order valence-corrected chi connectivity index (χ3v) is 8.47. The fourth-order valence-corrected chi connectivity index (χ4v) is 6.21. The maximum Gasteiger partial charge on any atom is 0.313 e. The quantitative estimate of drug-likeness (QED) is 0.189. The van der Waals surface area contributed by atoms with E-state index in [1.54, 1.807) is 0 Å². The molecule has 5 rings (SSSR count). The number of esters is 1. The normalized spacial score (nSPS) is 14.5. The van der Waals surface area contributed by atoms with E-state index >= 15 is 0 Å². The first-order valence-corrected chi connectivity index (χ1v) is 14.7. The van der Waals surface area contributed by atoms with Gasteiger partial charge in [-0.3, -0.25) is 9.59 Å². The lowest BCUT2D eigenvalue weighted by Crippen LogP contribution is -2.44. The molecule has 1 amide bonds. The summed E-state index contributed by atoms with van der Waals surface area (Å²) in [4.78, 5) is 28.3. The van der Waals surface area contributed by atoms with Crippen molar-refractivity contribution in [1.82, 2.24) is 25.5 Å². The van der Waals surface area contributed by atoms with E-state index in [9.17, 15) is 9.59 Å². The van der Waals surface area contributed by atoms with E-state index in [4.69, 9.17) is 9.15 Å². The summed E-state index contributed by atoms with van der Waals surface area (Å²) in [6.45, 7) is 5.03. The van der Waals surface area contributed by atoms with Crippen LogP contribution in [0.5, 0.6) is 0 Å². The van der Waals surface area contributed by atoms with Gasteiger partial charge in [-0.15, -0.1) is 10.2 Å². The number of furan rings is 1. The number of rotatable bonds is 11. The molecule has 2 aromatic carbocycles. The molecular formula is C30H34BrN5O4. The number of nitrogens with zero attached hydrogens (tertiary/aromatic N) is 4. The van der Waals surface area contributed by atoms with Crippen molar-refractivity contribution >= 4 is 38.8 Å². The van der Waals surface area contributed by atoms with E-state index in [2.05, 4.69) is 49.5 Å². The maximum atomic E-state index is 13.4. The van der Waals surface area contributed by atoms with E-state index in [-0.39, 0.29) is 11.9 Å². The van der Waals surface area contributed by atoms with Crippen molar-refractivity contribution in [3.8, 4) is 22.7 Å². The van der Waals surface area contributed by atoms with Crippen molar-refractivity contribution in [2.45, 2.75) is 65.3 Å². The molecule has 2 aromatic heterocycles. The lowest BCUT2D eigenvalue weighted by atomic mass is 9.85. The highest BCUT2D eigenvalue weighted by atomic mass is 79.9. The van der Waals surface area contributed by atoms with Crippen LogP contribution in [0.2, 0.25) is 0 Å². The van der Waals surface area contributed by atoms with Crippen LogP contribution in [0.1, 0.15) is 64.4 Å². The zero-order chi connectivity index (χ0) is 28.1. The number of benzene rings is 2. The van der Waals surface area contributed by atoms with Crippen LogP contribution >= 0.6 is 15.9 Å². The van der Waals surface area contributed by atoms with Gasteiger partial charge in [-0.05, 0) is 65.0 Å². The molecule has 0 atom stereocenters. The fraction of sp³-hybridized carbons (Fsp3) is 0.433. The van der Waals surface area contributed by atoms with E-state index in [0.717, 1.165) is 70.7 Å². The average Bonchev–Trinajstić information content (AvgIpc) is 3.73. The van der Waals surface area contributed by atoms with Crippen LogP contribution in [0.3, 0.4) is 0 Å². The standard InChI is InChI=1S/C30H34BrN5O4/c1-3-5-12-25(37)36(19-30(15-8-9-16-30)29(38)39-4-2)18-20-13-14-24-23(17-20)26(31)27(40-24)21-10-6-7-11-22(21)28-32-34-35-33-28/h6-7,10-11,13-14,17H,3-5,8-9,12,15-16,18-19H2,1-2H3,(H,32,33,34,35). The molecular weight excluding hydrogens is 574 g/mol. The Morgan fingerprint density at radius 3 is 2.60 bits per heavy atom. The number of hydrogen-bond donors (Lipinski definition) is 1. The molecule has 1 aliphatic carbocycles. The van der Waals surface area contributed by atoms with Crippen LogP contribution in [0, 0.1) is 5.41 Å². The second kappa shape index (κ2) is 12.3. The van der Waals surface area contributed by atoms with Gasteiger partial charge in [0.2, 0.25) is 11.7 Å². The minimum atomic E-state index is -0.635. The predicted octanol–water partition coefficient (Wildman–Crippen LogP) is 6.68. The molecule has 40 heavy (non-hydrogen) atoms. The number of H-pyrrole nitrogens is 1. The number of ether oxygens (including phenoxy) is 1. The number of nitrogens with one attached hydrogen (secondary N) is 1. The number of hydrogen-bond acceptors (Lipinski definition) is 7. The van der Waals surface area contributed by atoms with Gasteiger partial charge in [0, 0.05) is 36.0 Å². The number of halogens is 1. The van der Waals surface area contributed by atoms with Gasteiger partial charge in [0.25, 0.3) is 0 Å². The van der Waals surface area contributed by atoms with Crippen LogP contribution in [-0.4, -0.2) is 50.6 Å². The number of aromatic nitrogens is 4. The highest BCUT2D eigenvalue weighted by Crippen LogP contribution is 2.42. The summed E-state index contributed by atoms with van der Waals surface area (Å²) in [5.41, 5.74) is 2.68. The summed E-state index contributed by atoms with van der Waals surface area (Å²) in [6, 6.07) is 13.7. The molecule has 1 aliphatic rings. The fourth-order valence-electron chi connectivity index (χ4n) is 5.61. The van der Waals surface area contributed by atoms with Gasteiger partial charge in [0.05, 0.1) is 16.5 Å². The number of fused-ring (bicyclic) bond motifs is 1. The third-order valence-electron chi connectivity index (χ3n) is 7.68. The molecule has 0 aliphatic heterocycles. The molecule has 1 N–H and O–H groups in total. The molecule has 0 saturated heterocycles. The zero-order valence-corrected chi connectivity index (χ0v) is 24.5. The Kier molecular flexibility index (Phi) is 8.63. The molecule has 1 fully saturated rings. The van der Waals surface area contributed by atoms with Gasteiger partial charge in [-0.2, -0.15) is 5.21 Å². The Hall–Kier alpha value is -3.53. The molecule has 9 nitrogen and oxygen atoms in total. The van der Waals surface area contributed by atoms with Crippen molar-refractivity contribution < 1.29 is 18.7 Å². The lowest BCUT2D eigenvalue weighted by Gasteiger charge is -2.34. The van der Waals surface area contributed by atoms with Crippen molar-refractivity contribution in [1.29, 1.82) is 0 Å². The summed E-state index contributed by atoms with van der Waals surface area (Å²) < 4.78 is 12.6. The Morgan fingerprint density at radius 2 is 1.90 bits per heavy atom. The van der Waals surface area contributed by atoms with E-state index in [1.165, 1.54) is 0 Å². The van der Waals surface area contributed by atoms with Gasteiger partial charge >= 0.3 is 5.97 Å². The highest BCUT2D eigenvalue weighted by molar-refractivity contribution is 9.10. The molecule has 4 aromatic rings. The monoisotopic (exact) mass is 607 g/mol. The summed E-state index contributed by atoms with van der Waals surface area (Å²) in [7, 11) is 0. The number of carbonyl (C=O) groups excluding carboxylic acids is 2. The predicted molar refractivity (Wildman–Crippen MR) is 155 cm³/mol. The van der Waals surface area contributed by atoms with Crippen LogP contribution < -0.4 is 0 Å². The largest absolute Gasteiger partial charge is 0.466 e. The summed E-state index contributed by atoms with van der Waals surface area (Å²) in [5, 5.41) is 15.4. The van der Waals surface area contributed by atoms with Crippen LogP contribution in [-0.2, 0) is 20.9 Å². The molecule has 0 bridgehead atoms. The van der Waals surface area contributed by atoms with Gasteiger partial charge in [-0.25, -0.2) is 0 Å². The molecule has 0 radical (unpaired) electrons. The topological polar surface area (TPSA) is 114 Å². The van der Waals surface area contributed by atoms with E-state index in [0.29, 0.717) is 37.7 Å². The minimum absolute atomic E-state index is 0.0681. The molecule has 10 heteroatoms. The molecule has 0 unspecified atom stereocenters. The Morgan fingerprint density at radius 1 is 1.12 bits per heavy atom. The number of unbranched alkanes of at least 4 members (excludes halogenated alkanes) is 1. The first-order chi connectivity index (χ1) is 19.5. The first-order valence-electron chi connectivity index (χ1n) is 13.9. The second-order valence-electron chi connectivity index (χ2n) is 10.4. The number of aromatic amines is 1. The minimum Gasteiger partial charge on any atom is -0.466 e. The summed E-state index contributed by atoms with van der Waals surface area (Å²) >= 11 is 3.77. The average molecular weight is 609 g/mol. The van der Waals surface area contributed by atoms with Crippen LogP contribution in [0.25, 0.3) is 33.7 Å². The Labute approximate surface area is 241 Å². The molecule has 2 heterocycles. The number of tetrazole rings is 1. The van der Waals surface area contributed by atoms with Gasteiger partial charge in [0.15, 0.2) is 0 Å². The van der Waals surface area contributed by atoms with Gasteiger partial charge < -0.3 is 14.1 Å². The number of amides is 1. The lowest BCUT2D eigenvalue weighted by molar-refractivity contribution is -0.157. The molecule has 1 saturated carbocycles. The van der Waals surface area contributed by atoms with E-state index < -0.39 is 5.41 Å². The second-order valence-corrected chi connectivity index (χ2v) is 11.2. The Bertz CT molecular complexity index is 1480. The van der Waals surface area contributed by atoms with Crippen molar-refractivity contribution in [3.63, 3.8) is 0 Å². The molecule has 0 spiro atoms. The number of carbonyl (C=O) groups is 2. The third kappa shape index (κ3) is 5.68. The SMILES string of the molecule is CCCCC(=O)N(Cc1ccc2oc(-c3ccccc3-c3nn[nH]n3)c(Br)c2c1)CC1(C(=O)OCC)CCCC1. The van der Waals surface area contributed by atoms with Crippen molar-refractivity contribution in [2.75, 3.05) is 13.2 Å². The first kappa shape index (κ1) is 28.0. The van der Waals surface area contributed by atoms with Crippen molar-refractivity contribution in [2.24, 2.45) is 5.41 Å². The summed E-state index contributed by atoms with van der Waals surface area (Å²) in [6.07, 6.45) is 5.65. The summed E-state index contributed by atoms with van der Waals surface area (Å²) in [5.74, 6) is 1.03. The van der Waals surface area contributed by atoms with Crippen LogP contribution in [0.4, 0.5) is 0 Å². The van der Waals surface area contributed by atoms with Crippen molar-refractivity contribution in [3.05, 3.63) is 52.5 Å². The smallest absolute Gasteiger partial charge is 0.313 e. The van der Waals surface area contributed by atoms with E-state index in [1.807, 2.05) is 48.2 Å².